The van der Waals surface area contributed by atoms with Crippen molar-refractivity contribution in [3.63, 3.8) is 0 Å². The molecule has 1 saturated heterocycles. The highest BCUT2D eigenvalue weighted by Crippen LogP contribution is 2.09. The molecule has 1 aliphatic heterocycles. The zero-order valence-corrected chi connectivity index (χ0v) is 14.5. The molecule has 0 aromatic heterocycles. The topological polar surface area (TPSA) is 78.5 Å². The molecule has 1 unspecified atom stereocenters. The molecule has 0 bridgehead atoms. The molecule has 0 aliphatic carbocycles. The third kappa shape index (κ3) is 5.01. The van der Waals surface area contributed by atoms with Gasteiger partial charge in [-0.05, 0) is 30.9 Å². The Kier molecular flexibility index (Phi) is 6.50. The van der Waals surface area contributed by atoms with Crippen LogP contribution in [-0.4, -0.2) is 48.3 Å². The monoisotopic (exact) mass is 349 g/mol. The van der Waals surface area contributed by atoms with Crippen molar-refractivity contribution in [1.82, 2.24) is 15.5 Å². The molecule has 2 N–H and O–H groups in total. The number of benzene rings is 1. The Morgan fingerprint density at radius 2 is 1.80 bits per heavy atom. The first-order valence-electron chi connectivity index (χ1n) is 8.51. The number of nitrogens with zero attached hydrogens (tertiary/aromatic N) is 1. The lowest BCUT2D eigenvalue weighted by atomic mass is 10.0. The molecular formula is C18H24FN3O3. The predicted molar refractivity (Wildman–Crippen MR) is 91.3 cm³/mol. The second-order valence-electron chi connectivity index (χ2n) is 6.48. The summed E-state index contributed by atoms with van der Waals surface area (Å²) >= 11 is 0. The average molecular weight is 349 g/mol. The van der Waals surface area contributed by atoms with Crippen molar-refractivity contribution in [2.24, 2.45) is 5.92 Å². The van der Waals surface area contributed by atoms with Gasteiger partial charge in [0.25, 0.3) is 5.91 Å². The lowest BCUT2D eigenvalue weighted by Crippen LogP contribution is -2.51. The summed E-state index contributed by atoms with van der Waals surface area (Å²) in [7, 11) is 0. The number of halogens is 1. The molecular weight excluding hydrogens is 325 g/mol. The lowest BCUT2D eigenvalue weighted by Gasteiger charge is -2.22. The van der Waals surface area contributed by atoms with Gasteiger partial charge in [0.05, 0.1) is 12.1 Å². The molecule has 0 saturated carbocycles. The number of nitrogens with one attached hydrogen (secondary N) is 2. The molecule has 1 aromatic carbocycles. The van der Waals surface area contributed by atoms with Crippen molar-refractivity contribution >= 4 is 17.7 Å². The van der Waals surface area contributed by atoms with Crippen LogP contribution in [0.15, 0.2) is 24.3 Å². The minimum absolute atomic E-state index is 0.0996. The Morgan fingerprint density at radius 3 is 2.40 bits per heavy atom. The minimum atomic E-state index is -0.849. The quantitative estimate of drug-likeness (QED) is 0.813. The number of amides is 3. The highest BCUT2D eigenvalue weighted by molar-refractivity contribution is 5.98. The van der Waals surface area contributed by atoms with E-state index in [9.17, 15) is 18.8 Å². The van der Waals surface area contributed by atoms with Crippen molar-refractivity contribution in [2.75, 3.05) is 19.6 Å². The first-order chi connectivity index (χ1) is 11.9. The van der Waals surface area contributed by atoms with Crippen molar-refractivity contribution in [1.29, 1.82) is 0 Å². The third-order valence-corrected chi connectivity index (χ3v) is 4.23. The Bertz CT molecular complexity index is 642. The molecule has 136 valence electrons. The Hall–Kier alpha value is -2.44. The number of carbonyl (C=O) groups excluding carboxylic acids is 3. The maximum Gasteiger partial charge on any atom is 0.254 e. The Morgan fingerprint density at radius 1 is 1.16 bits per heavy atom. The van der Waals surface area contributed by atoms with E-state index in [1.807, 2.05) is 0 Å². The van der Waals surface area contributed by atoms with E-state index in [1.54, 1.807) is 24.8 Å². The molecule has 1 heterocycles. The smallest absolute Gasteiger partial charge is 0.254 e. The van der Waals surface area contributed by atoms with E-state index in [4.69, 9.17) is 0 Å². The second-order valence-corrected chi connectivity index (χ2v) is 6.48. The van der Waals surface area contributed by atoms with Crippen molar-refractivity contribution in [2.45, 2.75) is 32.7 Å². The van der Waals surface area contributed by atoms with E-state index in [0.29, 0.717) is 13.1 Å². The van der Waals surface area contributed by atoms with Gasteiger partial charge in [-0.2, -0.15) is 0 Å². The van der Waals surface area contributed by atoms with Crippen LogP contribution < -0.4 is 10.6 Å². The van der Waals surface area contributed by atoms with Gasteiger partial charge in [-0.3, -0.25) is 14.4 Å². The Labute approximate surface area is 146 Å². The van der Waals surface area contributed by atoms with Gasteiger partial charge < -0.3 is 15.5 Å². The summed E-state index contributed by atoms with van der Waals surface area (Å²) < 4.78 is 13.7. The van der Waals surface area contributed by atoms with Crippen LogP contribution in [-0.2, 0) is 9.59 Å². The highest BCUT2D eigenvalue weighted by atomic mass is 19.1. The fourth-order valence-corrected chi connectivity index (χ4v) is 2.75. The van der Waals surface area contributed by atoms with E-state index >= 15 is 0 Å². The van der Waals surface area contributed by atoms with Crippen LogP contribution >= 0.6 is 0 Å². The van der Waals surface area contributed by atoms with E-state index < -0.39 is 23.7 Å². The summed E-state index contributed by atoms with van der Waals surface area (Å²) in [5, 5.41) is 5.12. The SMILES string of the molecule is CC(C)C(NC(=O)c1ccccc1F)C(=O)NCC(=O)N1CCCC1. The molecule has 1 aromatic rings. The molecule has 1 fully saturated rings. The van der Waals surface area contributed by atoms with Gasteiger partial charge in [0.15, 0.2) is 0 Å². The van der Waals surface area contributed by atoms with Crippen LogP contribution in [0.5, 0.6) is 0 Å². The van der Waals surface area contributed by atoms with Crippen LogP contribution in [0, 0.1) is 11.7 Å². The third-order valence-electron chi connectivity index (χ3n) is 4.23. The molecule has 0 radical (unpaired) electrons. The molecule has 1 atom stereocenters. The molecule has 25 heavy (non-hydrogen) atoms. The van der Waals surface area contributed by atoms with Crippen molar-refractivity contribution in [3.8, 4) is 0 Å². The number of carbonyl (C=O) groups is 3. The summed E-state index contributed by atoms with van der Waals surface area (Å²) in [6.45, 7) is 4.87. The molecule has 6 nitrogen and oxygen atoms in total. The number of hydrogen-bond acceptors (Lipinski definition) is 3. The van der Waals surface area contributed by atoms with E-state index in [2.05, 4.69) is 10.6 Å². The summed E-state index contributed by atoms with van der Waals surface area (Å²) in [5.74, 6) is -2.09. The van der Waals surface area contributed by atoms with E-state index in [0.717, 1.165) is 12.8 Å². The van der Waals surface area contributed by atoms with Gasteiger partial charge in [0.1, 0.15) is 11.9 Å². The summed E-state index contributed by atoms with van der Waals surface area (Å²) in [4.78, 5) is 38.3. The van der Waals surface area contributed by atoms with Crippen molar-refractivity contribution < 1.29 is 18.8 Å². The van der Waals surface area contributed by atoms with Gasteiger partial charge in [-0.25, -0.2) is 4.39 Å². The summed E-state index contributed by atoms with van der Waals surface area (Å²) in [6, 6.07) is 4.74. The fourth-order valence-electron chi connectivity index (χ4n) is 2.75. The molecule has 0 spiro atoms. The normalized spacial score (nSPS) is 15.1. The molecule has 2 rings (SSSR count). The molecule has 7 heteroatoms. The first kappa shape index (κ1) is 18.9. The van der Waals surface area contributed by atoms with Crippen LogP contribution in [0.2, 0.25) is 0 Å². The summed E-state index contributed by atoms with van der Waals surface area (Å²) in [5.41, 5.74) is -0.117. The van der Waals surface area contributed by atoms with Crippen LogP contribution in [0.1, 0.15) is 37.0 Å². The molecule has 3 amide bonds. The average Bonchev–Trinajstić information content (AvgIpc) is 3.11. The van der Waals surface area contributed by atoms with Gasteiger partial charge in [0, 0.05) is 13.1 Å². The van der Waals surface area contributed by atoms with Gasteiger partial charge in [-0.1, -0.05) is 26.0 Å². The number of hydrogen-bond donors (Lipinski definition) is 2. The zero-order chi connectivity index (χ0) is 18.4. The van der Waals surface area contributed by atoms with E-state index in [-0.39, 0.29) is 23.9 Å². The van der Waals surface area contributed by atoms with Gasteiger partial charge in [-0.15, -0.1) is 0 Å². The van der Waals surface area contributed by atoms with Crippen LogP contribution in [0.4, 0.5) is 4.39 Å². The Balaban J connectivity index is 1.95. The molecule has 1 aliphatic rings. The zero-order valence-electron chi connectivity index (χ0n) is 14.5. The number of likely N-dealkylation sites (tertiary alicyclic amines) is 1. The standard InChI is InChI=1S/C18H24FN3O3/c1-12(2)16(21-17(24)13-7-3-4-8-14(13)19)18(25)20-11-15(23)22-9-5-6-10-22/h3-4,7-8,12,16H,5-6,9-11H2,1-2H3,(H,20,25)(H,21,24). The largest absolute Gasteiger partial charge is 0.345 e. The van der Waals surface area contributed by atoms with Gasteiger partial charge >= 0.3 is 0 Å². The maximum atomic E-state index is 13.7. The number of rotatable bonds is 6. The van der Waals surface area contributed by atoms with E-state index in [1.165, 1.54) is 18.2 Å². The second kappa shape index (κ2) is 8.60. The highest BCUT2D eigenvalue weighted by Gasteiger charge is 2.26. The first-order valence-corrected chi connectivity index (χ1v) is 8.51. The lowest BCUT2D eigenvalue weighted by molar-refractivity contribution is -0.132. The minimum Gasteiger partial charge on any atom is -0.345 e. The summed E-state index contributed by atoms with van der Waals surface area (Å²) in [6.07, 6.45) is 1.96. The van der Waals surface area contributed by atoms with Gasteiger partial charge in [0.2, 0.25) is 11.8 Å². The van der Waals surface area contributed by atoms with Crippen molar-refractivity contribution in [3.05, 3.63) is 35.6 Å². The maximum absolute atomic E-state index is 13.7. The predicted octanol–water partition coefficient (Wildman–Crippen LogP) is 1.32. The van der Waals surface area contributed by atoms with Crippen LogP contribution in [0.25, 0.3) is 0 Å². The van der Waals surface area contributed by atoms with Crippen LogP contribution in [0.3, 0.4) is 0 Å². The fraction of sp³-hybridized carbons (Fsp3) is 0.500.